The van der Waals surface area contributed by atoms with E-state index in [1.807, 2.05) is 0 Å². The van der Waals surface area contributed by atoms with E-state index in [9.17, 15) is 5.11 Å². The van der Waals surface area contributed by atoms with E-state index in [1.54, 1.807) is 13.8 Å². The Hall–Kier alpha value is -0.940. The zero-order valence-electron chi connectivity index (χ0n) is 11.2. The van der Waals surface area contributed by atoms with E-state index in [-0.39, 0.29) is 0 Å². The summed E-state index contributed by atoms with van der Waals surface area (Å²) in [5.74, 6) is 1.39. The average molecular weight is 241 g/mol. The molecule has 1 rings (SSSR count). The van der Waals surface area contributed by atoms with E-state index in [0.717, 1.165) is 25.2 Å². The van der Waals surface area contributed by atoms with Crippen LogP contribution in [0.1, 0.15) is 45.8 Å². The van der Waals surface area contributed by atoms with Crippen LogP contribution in [0.2, 0.25) is 0 Å². The van der Waals surface area contributed by atoms with Crippen LogP contribution in [0.3, 0.4) is 0 Å². The first-order valence-corrected chi connectivity index (χ1v) is 6.20. The highest BCUT2D eigenvalue weighted by molar-refractivity contribution is 4.87. The van der Waals surface area contributed by atoms with Crippen LogP contribution in [0.15, 0.2) is 4.52 Å². The normalized spacial score (nSPS) is 12.4. The molecular weight excluding hydrogens is 218 g/mol. The van der Waals surface area contributed by atoms with Gasteiger partial charge in [0, 0.05) is 13.0 Å². The number of aliphatic hydroxyl groups is 1. The molecule has 0 amide bonds. The highest BCUT2D eigenvalue weighted by Crippen LogP contribution is 2.09. The molecule has 0 saturated carbocycles. The zero-order valence-corrected chi connectivity index (χ0v) is 11.2. The predicted molar refractivity (Wildman–Crippen MR) is 65.5 cm³/mol. The molecule has 0 aliphatic heterocycles. The van der Waals surface area contributed by atoms with Gasteiger partial charge in [-0.1, -0.05) is 19.0 Å². The first-order valence-electron chi connectivity index (χ1n) is 6.20. The lowest BCUT2D eigenvalue weighted by Gasteiger charge is -2.26. The minimum atomic E-state index is -0.706. The first-order chi connectivity index (χ1) is 7.94. The second kappa shape index (κ2) is 6.12. The summed E-state index contributed by atoms with van der Waals surface area (Å²) in [4.78, 5) is 6.40. The summed E-state index contributed by atoms with van der Waals surface area (Å²) in [7, 11) is 0. The van der Waals surface area contributed by atoms with Crippen molar-refractivity contribution in [2.75, 3.05) is 13.1 Å². The Morgan fingerprint density at radius 2 is 2.06 bits per heavy atom. The maximum absolute atomic E-state index is 9.78. The molecule has 98 valence electrons. The third kappa shape index (κ3) is 5.28. The van der Waals surface area contributed by atoms with Crippen LogP contribution in [0.5, 0.6) is 0 Å². The van der Waals surface area contributed by atoms with Crippen molar-refractivity contribution in [1.29, 1.82) is 0 Å². The van der Waals surface area contributed by atoms with Crippen molar-refractivity contribution in [2.24, 2.45) is 0 Å². The van der Waals surface area contributed by atoms with E-state index in [2.05, 4.69) is 28.9 Å². The Morgan fingerprint density at radius 3 is 2.59 bits per heavy atom. The highest BCUT2D eigenvalue weighted by Gasteiger charge is 2.19. The Kier molecular flexibility index (Phi) is 5.08. The van der Waals surface area contributed by atoms with Crippen molar-refractivity contribution in [1.82, 2.24) is 15.0 Å². The van der Waals surface area contributed by atoms with Crippen LogP contribution in [0, 0.1) is 0 Å². The maximum Gasteiger partial charge on any atom is 0.240 e. The third-order valence-corrected chi connectivity index (χ3v) is 2.40. The molecule has 5 nitrogen and oxygen atoms in total. The number of nitrogens with zero attached hydrogens (tertiary/aromatic N) is 3. The molecule has 1 aromatic heterocycles. The Balaban J connectivity index is 2.54. The Morgan fingerprint density at radius 1 is 1.35 bits per heavy atom. The fraction of sp³-hybridized carbons (Fsp3) is 0.833. The van der Waals surface area contributed by atoms with Crippen LogP contribution < -0.4 is 0 Å². The van der Waals surface area contributed by atoms with Gasteiger partial charge in [-0.3, -0.25) is 4.90 Å². The van der Waals surface area contributed by atoms with Crippen LogP contribution in [0.25, 0.3) is 0 Å². The largest absolute Gasteiger partial charge is 0.389 e. The van der Waals surface area contributed by atoms with Gasteiger partial charge in [-0.15, -0.1) is 0 Å². The van der Waals surface area contributed by atoms with Crippen molar-refractivity contribution in [2.45, 2.75) is 52.7 Å². The van der Waals surface area contributed by atoms with Crippen LogP contribution in [-0.4, -0.2) is 38.8 Å². The van der Waals surface area contributed by atoms with Gasteiger partial charge in [-0.25, -0.2) is 0 Å². The van der Waals surface area contributed by atoms with Crippen molar-refractivity contribution < 1.29 is 9.63 Å². The summed E-state index contributed by atoms with van der Waals surface area (Å²) in [6.07, 6.45) is 1.86. The van der Waals surface area contributed by atoms with E-state index < -0.39 is 5.60 Å². The van der Waals surface area contributed by atoms with Gasteiger partial charge < -0.3 is 9.63 Å². The molecule has 1 heterocycles. The second-order valence-corrected chi connectivity index (χ2v) is 4.97. The molecule has 0 spiro atoms. The molecule has 17 heavy (non-hydrogen) atoms. The van der Waals surface area contributed by atoms with Crippen molar-refractivity contribution in [3.63, 3.8) is 0 Å². The van der Waals surface area contributed by atoms with E-state index in [0.29, 0.717) is 19.0 Å². The minimum absolute atomic E-state index is 0.592. The standard InChI is InChI=1S/C12H23N3O2/c1-5-7-10-13-11(17-14-10)8-15(6-2)9-12(3,4)16/h16H,5-9H2,1-4H3. The summed E-state index contributed by atoms with van der Waals surface area (Å²) in [6.45, 7) is 9.76. The van der Waals surface area contributed by atoms with Crippen molar-refractivity contribution in [3.8, 4) is 0 Å². The number of likely N-dealkylation sites (N-methyl/N-ethyl adjacent to an activating group) is 1. The first kappa shape index (κ1) is 14.1. The molecule has 0 unspecified atom stereocenters. The molecule has 0 aromatic carbocycles. The maximum atomic E-state index is 9.78. The smallest absolute Gasteiger partial charge is 0.240 e. The van der Waals surface area contributed by atoms with Gasteiger partial charge >= 0.3 is 0 Å². The molecule has 0 atom stereocenters. The Labute approximate surface area is 103 Å². The molecule has 0 aliphatic rings. The SMILES string of the molecule is CCCc1noc(CN(CC)CC(C)(C)O)n1. The van der Waals surface area contributed by atoms with E-state index in [1.165, 1.54) is 0 Å². The molecule has 1 aromatic rings. The molecule has 0 aliphatic carbocycles. The van der Waals surface area contributed by atoms with Crippen molar-refractivity contribution >= 4 is 0 Å². The molecule has 5 heteroatoms. The van der Waals surface area contributed by atoms with Gasteiger partial charge in [0.05, 0.1) is 12.1 Å². The summed E-state index contributed by atoms with van der Waals surface area (Å²) < 4.78 is 5.18. The summed E-state index contributed by atoms with van der Waals surface area (Å²) in [6, 6.07) is 0. The van der Waals surface area contributed by atoms with Crippen LogP contribution in [-0.2, 0) is 13.0 Å². The molecule has 0 fully saturated rings. The number of hydrogen-bond acceptors (Lipinski definition) is 5. The topological polar surface area (TPSA) is 62.4 Å². The average Bonchev–Trinajstić information content (AvgIpc) is 2.63. The Bertz CT molecular complexity index is 331. The van der Waals surface area contributed by atoms with Gasteiger partial charge in [-0.05, 0) is 26.8 Å². The monoisotopic (exact) mass is 241 g/mol. The van der Waals surface area contributed by atoms with Crippen LogP contribution in [0.4, 0.5) is 0 Å². The second-order valence-electron chi connectivity index (χ2n) is 4.97. The molecular formula is C12H23N3O2. The lowest BCUT2D eigenvalue weighted by molar-refractivity contribution is 0.0322. The van der Waals surface area contributed by atoms with Gasteiger partial charge in [0.2, 0.25) is 5.89 Å². The fourth-order valence-electron chi connectivity index (χ4n) is 1.70. The summed E-state index contributed by atoms with van der Waals surface area (Å²) in [5, 5.41) is 13.7. The summed E-state index contributed by atoms with van der Waals surface area (Å²) in [5.41, 5.74) is -0.706. The third-order valence-electron chi connectivity index (χ3n) is 2.40. The van der Waals surface area contributed by atoms with Gasteiger partial charge in [0.15, 0.2) is 5.82 Å². The number of rotatable bonds is 7. The van der Waals surface area contributed by atoms with Gasteiger partial charge in [-0.2, -0.15) is 4.98 Å². The predicted octanol–water partition coefficient (Wildman–Crippen LogP) is 1.61. The number of hydrogen-bond donors (Lipinski definition) is 1. The molecule has 0 saturated heterocycles. The number of aryl methyl sites for hydroxylation is 1. The number of aromatic nitrogens is 2. The van der Waals surface area contributed by atoms with E-state index in [4.69, 9.17) is 4.52 Å². The van der Waals surface area contributed by atoms with Gasteiger partial charge in [0.1, 0.15) is 0 Å². The van der Waals surface area contributed by atoms with Crippen molar-refractivity contribution in [3.05, 3.63) is 11.7 Å². The minimum Gasteiger partial charge on any atom is -0.389 e. The molecule has 0 bridgehead atoms. The summed E-state index contributed by atoms with van der Waals surface area (Å²) >= 11 is 0. The highest BCUT2D eigenvalue weighted by atomic mass is 16.5. The van der Waals surface area contributed by atoms with Gasteiger partial charge in [0.25, 0.3) is 0 Å². The molecule has 1 N–H and O–H groups in total. The lowest BCUT2D eigenvalue weighted by atomic mass is 10.1. The van der Waals surface area contributed by atoms with E-state index >= 15 is 0 Å². The van der Waals surface area contributed by atoms with Crippen LogP contribution >= 0.6 is 0 Å². The fourth-order valence-corrected chi connectivity index (χ4v) is 1.70. The lowest BCUT2D eigenvalue weighted by Crippen LogP contribution is -2.38. The molecule has 0 radical (unpaired) electrons. The zero-order chi connectivity index (χ0) is 12.9. The quantitative estimate of drug-likeness (QED) is 0.786.